The van der Waals surface area contributed by atoms with Crippen molar-refractivity contribution in [3.63, 3.8) is 0 Å². The topological polar surface area (TPSA) is 173 Å². The fraction of sp³-hybridized carbons (Fsp3) is 0.469. The molecule has 0 radical (unpaired) electrons. The first-order valence-corrected chi connectivity index (χ1v) is 14.3. The number of para-hydroxylation sites is 1. The molecule has 2 N–H and O–H groups in total. The van der Waals surface area contributed by atoms with Gasteiger partial charge in [0.25, 0.3) is 0 Å². The van der Waals surface area contributed by atoms with Crippen molar-refractivity contribution in [2.45, 2.75) is 72.1 Å². The van der Waals surface area contributed by atoms with E-state index in [-0.39, 0.29) is 34.3 Å². The van der Waals surface area contributed by atoms with E-state index < -0.39 is 54.6 Å². The molecule has 2 aromatic carbocycles. The van der Waals surface area contributed by atoms with Crippen molar-refractivity contribution in [2.75, 3.05) is 20.0 Å². The minimum absolute atomic E-state index is 0.0120. The Morgan fingerprint density at radius 3 is 2.20 bits per heavy atom. The van der Waals surface area contributed by atoms with Crippen LogP contribution in [-0.4, -0.2) is 72.6 Å². The number of carbonyl (C=O) groups excluding carboxylic acids is 5. The van der Waals surface area contributed by atoms with Gasteiger partial charge >= 0.3 is 24.0 Å². The molecule has 0 aliphatic carbocycles. The van der Waals surface area contributed by atoms with E-state index in [1.54, 1.807) is 32.9 Å². The zero-order valence-electron chi connectivity index (χ0n) is 26.5. The van der Waals surface area contributed by atoms with Crippen LogP contribution >= 0.6 is 0 Å². The first-order chi connectivity index (χ1) is 21.1. The maximum Gasteiger partial charge on any atom is 0.408 e. The number of benzene rings is 2. The van der Waals surface area contributed by atoms with Crippen LogP contribution in [0, 0.1) is 5.92 Å². The summed E-state index contributed by atoms with van der Waals surface area (Å²) >= 11 is 0. The molecule has 45 heavy (non-hydrogen) atoms. The Kier molecular flexibility index (Phi) is 13.3. The zero-order valence-corrected chi connectivity index (χ0v) is 26.5. The molecule has 1 amide bonds. The number of carbonyl (C=O) groups is 5. The van der Waals surface area contributed by atoms with Crippen LogP contribution in [0.2, 0.25) is 0 Å². The number of esters is 3. The number of hydrogen-bond acceptors (Lipinski definition) is 12. The number of aliphatic hydroxyl groups excluding tert-OH is 1. The standard InChI is InChI=1S/C32H41NO12/c1-8-20(2)16-40-26-14-13-23(28(37)42-19-43-29(38)24-11-9-10-12-25(24)44-22(4)36)15-27(26)41-18-32(17-34,21(3)35)33-30(39)45-31(5,6)7/h9-15,17,20-21,35H,8,16,18-19H2,1-7H3,(H,33,39). The Morgan fingerprint density at radius 2 is 1.60 bits per heavy atom. The normalized spacial score (nSPS) is 13.7. The number of hydrogen-bond donors (Lipinski definition) is 2. The number of aliphatic hydroxyl groups is 1. The van der Waals surface area contributed by atoms with Gasteiger partial charge in [0.1, 0.15) is 23.5 Å². The molecule has 13 nitrogen and oxygen atoms in total. The number of alkyl carbamates (subject to hydrolysis) is 1. The molecule has 0 heterocycles. The monoisotopic (exact) mass is 631 g/mol. The van der Waals surface area contributed by atoms with Crippen LogP contribution in [0.3, 0.4) is 0 Å². The molecule has 0 fully saturated rings. The maximum atomic E-state index is 12.8. The van der Waals surface area contributed by atoms with Crippen LogP contribution in [0.1, 0.15) is 75.6 Å². The molecule has 0 aliphatic rings. The van der Waals surface area contributed by atoms with Gasteiger partial charge in [-0.15, -0.1) is 0 Å². The van der Waals surface area contributed by atoms with E-state index >= 15 is 0 Å². The van der Waals surface area contributed by atoms with Crippen molar-refractivity contribution in [2.24, 2.45) is 5.92 Å². The highest BCUT2D eigenvalue weighted by atomic mass is 16.7. The van der Waals surface area contributed by atoms with Gasteiger partial charge in [0.15, 0.2) is 23.3 Å². The van der Waals surface area contributed by atoms with Crippen molar-refractivity contribution in [1.29, 1.82) is 0 Å². The molecule has 0 aliphatic heterocycles. The number of rotatable bonds is 15. The number of aldehydes is 1. The van der Waals surface area contributed by atoms with E-state index in [9.17, 15) is 29.1 Å². The smallest absolute Gasteiger partial charge is 0.408 e. The zero-order chi connectivity index (χ0) is 33.8. The van der Waals surface area contributed by atoms with Crippen molar-refractivity contribution >= 4 is 30.3 Å². The van der Waals surface area contributed by atoms with Gasteiger partial charge in [-0.1, -0.05) is 32.4 Å². The SMILES string of the molecule is CCC(C)COc1ccc(C(=O)OCOC(=O)c2ccccc2OC(C)=O)cc1OCC(C=O)(NC(=O)OC(C)(C)C)C(C)O. The van der Waals surface area contributed by atoms with Crippen LogP contribution in [0.25, 0.3) is 0 Å². The Balaban J connectivity index is 2.23. The summed E-state index contributed by atoms with van der Waals surface area (Å²) in [6.07, 6.45) is -1.18. The molecule has 0 spiro atoms. The second-order valence-corrected chi connectivity index (χ2v) is 11.3. The maximum absolute atomic E-state index is 12.8. The molecule has 2 aromatic rings. The summed E-state index contributed by atoms with van der Waals surface area (Å²) in [6, 6.07) is 10.1. The van der Waals surface area contributed by atoms with Crippen LogP contribution in [0.5, 0.6) is 17.2 Å². The van der Waals surface area contributed by atoms with Crippen LogP contribution in [-0.2, 0) is 23.8 Å². The van der Waals surface area contributed by atoms with Gasteiger partial charge in [-0.3, -0.25) is 4.79 Å². The molecular formula is C32H41NO12. The predicted octanol–water partition coefficient (Wildman–Crippen LogP) is 4.23. The Labute approximate surface area is 262 Å². The van der Waals surface area contributed by atoms with E-state index in [1.807, 2.05) is 13.8 Å². The first kappa shape index (κ1) is 36.5. The van der Waals surface area contributed by atoms with E-state index in [0.717, 1.165) is 6.42 Å². The minimum Gasteiger partial charge on any atom is -0.489 e. The van der Waals surface area contributed by atoms with E-state index in [0.29, 0.717) is 12.9 Å². The lowest BCUT2D eigenvalue weighted by Gasteiger charge is -2.33. The van der Waals surface area contributed by atoms with Gasteiger partial charge in [0.2, 0.25) is 6.79 Å². The van der Waals surface area contributed by atoms with Crippen LogP contribution in [0.4, 0.5) is 4.79 Å². The molecule has 0 bridgehead atoms. The van der Waals surface area contributed by atoms with Gasteiger partial charge in [-0.2, -0.15) is 0 Å². The highest BCUT2D eigenvalue weighted by Gasteiger charge is 2.40. The second-order valence-electron chi connectivity index (χ2n) is 11.3. The van der Waals surface area contributed by atoms with Crippen molar-refractivity contribution in [3.8, 4) is 17.2 Å². The van der Waals surface area contributed by atoms with E-state index in [1.165, 1.54) is 44.2 Å². The van der Waals surface area contributed by atoms with E-state index in [2.05, 4.69) is 5.32 Å². The summed E-state index contributed by atoms with van der Waals surface area (Å²) in [5.41, 5.74) is -2.85. The summed E-state index contributed by atoms with van der Waals surface area (Å²) in [5, 5.41) is 12.8. The average molecular weight is 632 g/mol. The average Bonchev–Trinajstić information content (AvgIpc) is 2.96. The molecule has 0 saturated heterocycles. The van der Waals surface area contributed by atoms with Crippen LogP contribution < -0.4 is 19.5 Å². The number of ether oxygens (including phenoxy) is 6. The van der Waals surface area contributed by atoms with Crippen molar-refractivity contribution < 1.29 is 57.5 Å². The van der Waals surface area contributed by atoms with Crippen LogP contribution in [0.15, 0.2) is 42.5 Å². The molecule has 2 rings (SSSR count). The fourth-order valence-electron chi connectivity index (χ4n) is 3.51. The minimum atomic E-state index is -1.91. The second kappa shape index (κ2) is 16.4. The molecule has 246 valence electrons. The molecule has 3 atom stereocenters. The lowest BCUT2D eigenvalue weighted by atomic mass is 9.96. The summed E-state index contributed by atoms with van der Waals surface area (Å²) < 4.78 is 32.1. The molecule has 0 aromatic heterocycles. The number of nitrogens with one attached hydrogen (secondary N) is 1. The Hall–Kier alpha value is -4.65. The molecule has 13 heteroatoms. The lowest BCUT2D eigenvalue weighted by Crippen LogP contribution is -2.61. The first-order valence-electron chi connectivity index (χ1n) is 14.3. The van der Waals surface area contributed by atoms with Gasteiger partial charge in [0.05, 0.1) is 18.3 Å². The van der Waals surface area contributed by atoms with Gasteiger partial charge in [-0.25, -0.2) is 14.4 Å². The Morgan fingerprint density at radius 1 is 0.933 bits per heavy atom. The molecule has 0 saturated carbocycles. The predicted molar refractivity (Wildman–Crippen MR) is 160 cm³/mol. The molecular weight excluding hydrogens is 590 g/mol. The third kappa shape index (κ3) is 11.4. The summed E-state index contributed by atoms with van der Waals surface area (Å²) in [7, 11) is 0. The van der Waals surface area contributed by atoms with E-state index in [4.69, 9.17) is 28.4 Å². The highest BCUT2D eigenvalue weighted by molar-refractivity contribution is 5.94. The third-order valence-electron chi connectivity index (χ3n) is 6.30. The highest BCUT2D eigenvalue weighted by Crippen LogP contribution is 2.31. The lowest BCUT2D eigenvalue weighted by molar-refractivity contribution is -0.131. The summed E-state index contributed by atoms with van der Waals surface area (Å²) in [4.78, 5) is 61.3. The largest absolute Gasteiger partial charge is 0.489 e. The van der Waals surface area contributed by atoms with Crippen molar-refractivity contribution in [3.05, 3.63) is 53.6 Å². The Bertz CT molecular complexity index is 1350. The number of amides is 1. The summed E-state index contributed by atoms with van der Waals surface area (Å²) in [6.45, 7) is 10.4. The summed E-state index contributed by atoms with van der Waals surface area (Å²) in [5.74, 6) is -2.00. The fourth-order valence-corrected chi connectivity index (χ4v) is 3.51. The quantitative estimate of drug-likeness (QED) is 0.124. The van der Waals surface area contributed by atoms with Gasteiger partial charge < -0.3 is 43.6 Å². The molecule has 3 unspecified atom stereocenters. The third-order valence-corrected chi connectivity index (χ3v) is 6.30. The van der Waals surface area contributed by atoms with Gasteiger partial charge in [0, 0.05) is 6.92 Å². The van der Waals surface area contributed by atoms with Gasteiger partial charge in [-0.05, 0) is 63.9 Å². The van der Waals surface area contributed by atoms with Crippen molar-refractivity contribution in [1.82, 2.24) is 5.32 Å².